The number of aryl methyl sites for hydroxylation is 1. The van der Waals surface area contributed by atoms with Gasteiger partial charge in [-0.05, 0) is 55.7 Å². The van der Waals surface area contributed by atoms with Crippen molar-refractivity contribution in [3.05, 3.63) is 58.7 Å². The second kappa shape index (κ2) is 7.44. The van der Waals surface area contributed by atoms with Crippen LogP contribution in [0, 0.1) is 13.8 Å². The van der Waals surface area contributed by atoms with Gasteiger partial charge in [0.25, 0.3) is 5.91 Å². The molecule has 1 heterocycles. The number of carbonyl (C=O) groups excluding carboxylic acids is 2. The van der Waals surface area contributed by atoms with Crippen LogP contribution in [0.25, 0.3) is 0 Å². The summed E-state index contributed by atoms with van der Waals surface area (Å²) < 4.78 is 0. The topological polar surface area (TPSA) is 95.5 Å². The number of nitrogens with one attached hydrogen (secondary N) is 2. The Bertz CT molecular complexity index is 942. The number of thioether (sulfide) groups is 1. The molecule has 2 amide bonds. The SMILES string of the molecule is Cc1cccc(C(NC(=O)c2ccc3c(c2)NC(=O)C(C)S3)C(=O)O)c1C. The Hall–Kier alpha value is -2.80. The van der Waals surface area contributed by atoms with Gasteiger partial charge in [0.15, 0.2) is 6.04 Å². The number of anilines is 1. The van der Waals surface area contributed by atoms with Crippen molar-refractivity contribution in [3.8, 4) is 0 Å². The van der Waals surface area contributed by atoms with Crippen molar-refractivity contribution >= 4 is 35.2 Å². The molecular formula is C20H20N2O4S. The van der Waals surface area contributed by atoms with Gasteiger partial charge in [-0.1, -0.05) is 18.2 Å². The van der Waals surface area contributed by atoms with Crippen LogP contribution in [-0.4, -0.2) is 28.1 Å². The Morgan fingerprint density at radius 2 is 1.96 bits per heavy atom. The maximum Gasteiger partial charge on any atom is 0.330 e. The van der Waals surface area contributed by atoms with E-state index in [0.29, 0.717) is 16.8 Å². The minimum absolute atomic E-state index is 0.121. The van der Waals surface area contributed by atoms with Gasteiger partial charge in [0.1, 0.15) is 0 Å². The highest BCUT2D eigenvalue weighted by Crippen LogP contribution is 2.36. The fourth-order valence-corrected chi connectivity index (χ4v) is 3.85. The fraction of sp³-hybridized carbons (Fsp3) is 0.250. The standard InChI is InChI=1S/C20H20N2O4S/c1-10-5-4-6-14(11(10)2)17(20(25)26)22-19(24)13-7-8-16-15(9-13)21-18(23)12(3)27-16/h4-9,12,17H,1-3H3,(H,21,23)(H,22,24)(H,25,26). The van der Waals surface area contributed by atoms with E-state index in [9.17, 15) is 19.5 Å². The van der Waals surface area contributed by atoms with Gasteiger partial charge in [0, 0.05) is 10.5 Å². The number of carboxylic acid groups (broad SMARTS) is 1. The van der Waals surface area contributed by atoms with E-state index in [2.05, 4.69) is 10.6 Å². The zero-order chi connectivity index (χ0) is 19.7. The molecule has 0 spiro atoms. The molecule has 3 rings (SSSR count). The highest BCUT2D eigenvalue weighted by Gasteiger charge is 2.27. The number of carbonyl (C=O) groups is 3. The first kappa shape index (κ1) is 19.0. The summed E-state index contributed by atoms with van der Waals surface area (Å²) in [5.41, 5.74) is 3.19. The number of hydrogen-bond acceptors (Lipinski definition) is 4. The third-order valence-corrected chi connectivity index (χ3v) is 5.83. The normalized spacial score (nSPS) is 16.9. The van der Waals surface area contributed by atoms with E-state index in [4.69, 9.17) is 0 Å². The molecule has 2 atom stereocenters. The Kier molecular flexibility index (Phi) is 5.23. The first-order chi connectivity index (χ1) is 12.8. The number of amides is 2. The van der Waals surface area contributed by atoms with Crippen molar-refractivity contribution in [1.29, 1.82) is 0 Å². The van der Waals surface area contributed by atoms with Crippen LogP contribution in [0.15, 0.2) is 41.3 Å². The second-order valence-corrected chi connectivity index (χ2v) is 7.88. The summed E-state index contributed by atoms with van der Waals surface area (Å²) in [6.07, 6.45) is 0. The first-order valence-corrected chi connectivity index (χ1v) is 9.37. The minimum Gasteiger partial charge on any atom is -0.479 e. The predicted octanol–water partition coefficient (Wildman–Crippen LogP) is 3.29. The highest BCUT2D eigenvalue weighted by molar-refractivity contribution is 8.00. The maximum absolute atomic E-state index is 12.7. The van der Waals surface area contributed by atoms with Gasteiger partial charge in [-0.3, -0.25) is 9.59 Å². The van der Waals surface area contributed by atoms with E-state index < -0.39 is 17.9 Å². The highest BCUT2D eigenvalue weighted by atomic mass is 32.2. The molecule has 2 aromatic rings. The molecule has 140 valence electrons. The maximum atomic E-state index is 12.7. The lowest BCUT2D eigenvalue weighted by Crippen LogP contribution is -2.34. The summed E-state index contributed by atoms with van der Waals surface area (Å²) in [6.45, 7) is 5.54. The Morgan fingerprint density at radius 3 is 2.67 bits per heavy atom. The minimum atomic E-state index is -1.16. The van der Waals surface area contributed by atoms with Gasteiger partial charge >= 0.3 is 5.97 Å². The van der Waals surface area contributed by atoms with E-state index in [1.807, 2.05) is 26.8 Å². The predicted molar refractivity (Wildman–Crippen MR) is 104 cm³/mol. The Balaban J connectivity index is 1.87. The zero-order valence-electron chi connectivity index (χ0n) is 15.2. The summed E-state index contributed by atoms with van der Waals surface area (Å²) >= 11 is 1.42. The average Bonchev–Trinajstić information content (AvgIpc) is 2.62. The number of fused-ring (bicyclic) bond motifs is 1. The smallest absolute Gasteiger partial charge is 0.330 e. The van der Waals surface area contributed by atoms with Crippen molar-refractivity contribution in [2.24, 2.45) is 0 Å². The van der Waals surface area contributed by atoms with Gasteiger partial charge in [-0.25, -0.2) is 4.79 Å². The molecular weight excluding hydrogens is 364 g/mol. The van der Waals surface area contributed by atoms with E-state index in [1.165, 1.54) is 11.8 Å². The average molecular weight is 384 g/mol. The van der Waals surface area contributed by atoms with E-state index in [0.717, 1.165) is 16.0 Å². The summed E-state index contributed by atoms with van der Waals surface area (Å²) in [5, 5.41) is 14.8. The van der Waals surface area contributed by atoms with Crippen molar-refractivity contribution in [2.45, 2.75) is 37.0 Å². The summed E-state index contributed by atoms with van der Waals surface area (Å²) in [4.78, 5) is 37.2. The monoisotopic (exact) mass is 384 g/mol. The molecule has 6 nitrogen and oxygen atoms in total. The molecule has 3 N–H and O–H groups in total. The quantitative estimate of drug-likeness (QED) is 0.752. The largest absolute Gasteiger partial charge is 0.479 e. The van der Waals surface area contributed by atoms with Crippen LogP contribution in [0.1, 0.15) is 40.0 Å². The molecule has 0 aliphatic carbocycles. The second-order valence-electron chi connectivity index (χ2n) is 6.49. The van der Waals surface area contributed by atoms with Crippen LogP contribution in [0.4, 0.5) is 5.69 Å². The third-order valence-electron chi connectivity index (χ3n) is 4.65. The lowest BCUT2D eigenvalue weighted by atomic mass is 9.97. The number of benzene rings is 2. The van der Waals surface area contributed by atoms with Gasteiger partial charge in [0.05, 0.1) is 10.9 Å². The summed E-state index contributed by atoms with van der Waals surface area (Å²) in [7, 11) is 0. The summed E-state index contributed by atoms with van der Waals surface area (Å²) in [6, 6.07) is 9.18. The molecule has 0 saturated heterocycles. The lowest BCUT2D eigenvalue weighted by Gasteiger charge is -2.22. The van der Waals surface area contributed by atoms with Gasteiger partial charge in [-0.2, -0.15) is 0 Å². The van der Waals surface area contributed by atoms with Gasteiger partial charge < -0.3 is 15.7 Å². The molecule has 2 unspecified atom stereocenters. The first-order valence-electron chi connectivity index (χ1n) is 8.49. The zero-order valence-corrected chi connectivity index (χ0v) is 16.0. The van der Waals surface area contributed by atoms with Crippen LogP contribution in [-0.2, 0) is 9.59 Å². The lowest BCUT2D eigenvalue weighted by molar-refractivity contribution is -0.139. The van der Waals surface area contributed by atoms with Crippen LogP contribution < -0.4 is 10.6 Å². The van der Waals surface area contributed by atoms with Crippen molar-refractivity contribution in [2.75, 3.05) is 5.32 Å². The number of aliphatic carboxylic acids is 1. The van der Waals surface area contributed by atoms with Crippen LogP contribution in [0.2, 0.25) is 0 Å². The molecule has 0 aromatic heterocycles. The number of hydrogen-bond donors (Lipinski definition) is 3. The molecule has 0 radical (unpaired) electrons. The van der Waals surface area contributed by atoms with Crippen molar-refractivity contribution in [3.63, 3.8) is 0 Å². The summed E-state index contributed by atoms with van der Waals surface area (Å²) in [5.74, 6) is -1.76. The molecule has 1 aliphatic heterocycles. The fourth-order valence-electron chi connectivity index (χ4n) is 2.92. The molecule has 2 aromatic carbocycles. The van der Waals surface area contributed by atoms with Gasteiger partial charge in [-0.15, -0.1) is 11.8 Å². The molecule has 0 saturated carbocycles. The van der Waals surface area contributed by atoms with Crippen LogP contribution in [0.3, 0.4) is 0 Å². The molecule has 0 bridgehead atoms. The van der Waals surface area contributed by atoms with Crippen LogP contribution >= 0.6 is 11.8 Å². The Labute approximate surface area is 161 Å². The molecule has 27 heavy (non-hydrogen) atoms. The van der Waals surface area contributed by atoms with Crippen molar-refractivity contribution in [1.82, 2.24) is 5.32 Å². The van der Waals surface area contributed by atoms with E-state index >= 15 is 0 Å². The van der Waals surface area contributed by atoms with E-state index in [-0.39, 0.29) is 11.2 Å². The number of carboxylic acids is 1. The van der Waals surface area contributed by atoms with Crippen LogP contribution in [0.5, 0.6) is 0 Å². The number of rotatable bonds is 4. The molecule has 7 heteroatoms. The van der Waals surface area contributed by atoms with Gasteiger partial charge in [0.2, 0.25) is 5.91 Å². The molecule has 1 aliphatic rings. The third kappa shape index (κ3) is 3.83. The Morgan fingerprint density at radius 1 is 1.22 bits per heavy atom. The van der Waals surface area contributed by atoms with Crippen molar-refractivity contribution < 1.29 is 19.5 Å². The van der Waals surface area contributed by atoms with E-state index in [1.54, 1.807) is 30.3 Å². The molecule has 0 fully saturated rings.